The fourth-order valence-electron chi connectivity index (χ4n) is 2.10. The van der Waals surface area contributed by atoms with Gasteiger partial charge in [-0.15, -0.1) is 0 Å². The predicted molar refractivity (Wildman–Crippen MR) is 89.2 cm³/mol. The van der Waals surface area contributed by atoms with Gasteiger partial charge in [0.15, 0.2) is 0 Å². The number of rotatable bonds is 3. The van der Waals surface area contributed by atoms with Crippen molar-refractivity contribution < 1.29 is 13.2 Å². The van der Waals surface area contributed by atoms with Crippen LogP contribution in [-0.2, 0) is 6.18 Å². The van der Waals surface area contributed by atoms with Crippen LogP contribution in [0, 0.1) is 3.57 Å². The van der Waals surface area contributed by atoms with Crippen molar-refractivity contribution in [3.05, 3.63) is 67.2 Å². The van der Waals surface area contributed by atoms with E-state index in [0.717, 1.165) is 31.3 Å². The first-order valence-electron chi connectivity index (χ1n) is 6.12. The zero-order valence-corrected chi connectivity index (χ0v) is 14.8. The van der Waals surface area contributed by atoms with E-state index < -0.39 is 11.7 Å². The number of hydrogen-bond donors (Lipinski definition) is 1. The summed E-state index contributed by atoms with van der Waals surface area (Å²) in [5, 5.41) is 3.15. The lowest BCUT2D eigenvalue weighted by molar-refractivity contribution is -0.137. The standard InChI is InChI=1S/C15H12BrF3IN/c1-21-14(12-8-11(16)6-7-13(12)20)9-2-4-10(5-3-9)15(17,18)19/h2-8,14,21H,1H3. The predicted octanol–water partition coefficient (Wildman–Crippen LogP) is 5.38. The molecule has 0 radical (unpaired) electrons. The van der Waals surface area contributed by atoms with E-state index in [4.69, 9.17) is 0 Å². The maximum Gasteiger partial charge on any atom is 0.416 e. The van der Waals surface area contributed by atoms with Gasteiger partial charge in [0.2, 0.25) is 0 Å². The summed E-state index contributed by atoms with van der Waals surface area (Å²) < 4.78 is 39.8. The average molecular weight is 470 g/mol. The molecule has 1 atom stereocenters. The summed E-state index contributed by atoms with van der Waals surface area (Å²) in [6, 6.07) is 11.0. The molecule has 2 rings (SSSR count). The molecule has 1 nitrogen and oxygen atoms in total. The Balaban J connectivity index is 2.40. The van der Waals surface area contributed by atoms with Gasteiger partial charge in [-0.25, -0.2) is 0 Å². The summed E-state index contributed by atoms with van der Waals surface area (Å²) in [7, 11) is 1.79. The smallest absolute Gasteiger partial charge is 0.309 e. The molecule has 0 amide bonds. The Morgan fingerprint density at radius 1 is 1.10 bits per heavy atom. The molecule has 0 aliphatic carbocycles. The van der Waals surface area contributed by atoms with Crippen LogP contribution in [0.2, 0.25) is 0 Å². The van der Waals surface area contributed by atoms with Crippen LogP contribution in [0.25, 0.3) is 0 Å². The van der Waals surface area contributed by atoms with Crippen LogP contribution in [0.3, 0.4) is 0 Å². The summed E-state index contributed by atoms with van der Waals surface area (Å²) in [6.45, 7) is 0. The number of halogens is 5. The average Bonchev–Trinajstić information content (AvgIpc) is 2.43. The molecule has 112 valence electrons. The van der Waals surface area contributed by atoms with Crippen LogP contribution in [0.1, 0.15) is 22.7 Å². The van der Waals surface area contributed by atoms with Gasteiger partial charge in [-0.1, -0.05) is 28.1 Å². The van der Waals surface area contributed by atoms with Gasteiger partial charge in [0, 0.05) is 8.04 Å². The zero-order valence-electron chi connectivity index (χ0n) is 11.0. The molecule has 21 heavy (non-hydrogen) atoms. The molecule has 2 aromatic rings. The zero-order chi connectivity index (χ0) is 15.6. The highest BCUT2D eigenvalue weighted by molar-refractivity contribution is 14.1. The Labute approximate surface area is 143 Å². The molecule has 1 N–H and O–H groups in total. The van der Waals surface area contributed by atoms with Gasteiger partial charge < -0.3 is 5.32 Å². The number of nitrogens with one attached hydrogen (secondary N) is 1. The van der Waals surface area contributed by atoms with E-state index in [2.05, 4.69) is 43.8 Å². The summed E-state index contributed by atoms with van der Waals surface area (Å²) in [4.78, 5) is 0. The highest BCUT2D eigenvalue weighted by atomic mass is 127. The van der Waals surface area contributed by atoms with Crippen molar-refractivity contribution in [1.29, 1.82) is 0 Å². The van der Waals surface area contributed by atoms with Gasteiger partial charge in [-0.2, -0.15) is 13.2 Å². The van der Waals surface area contributed by atoms with Crippen molar-refractivity contribution in [1.82, 2.24) is 5.32 Å². The van der Waals surface area contributed by atoms with Crippen molar-refractivity contribution in [2.75, 3.05) is 7.05 Å². The first-order chi connectivity index (χ1) is 9.82. The molecule has 0 aliphatic rings. The van der Waals surface area contributed by atoms with Gasteiger partial charge in [-0.3, -0.25) is 0 Å². The van der Waals surface area contributed by atoms with E-state index in [1.54, 1.807) is 7.05 Å². The highest BCUT2D eigenvalue weighted by Gasteiger charge is 2.30. The first-order valence-corrected chi connectivity index (χ1v) is 7.99. The van der Waals surface area contributed by atoms with Crippen LogP contribution < -0.4 is 5.32 Å². The Bertz CT molecular complexity index is 626. The Morgan fingerprint density at radius 3 is 2.24 bits per heavy atom. The highest BCUT2D eigenvalue weighted by Crippen LogP contribution is 2.32. The van der Waals surface area contributed by atoms with Crippen LogP contribution in [0.15, 0.2) is 46.9 Å². The van der Waals surface area contributed by atoms with Crippen LogP contribution in [0.4, 0.5) is 13.2 Å². The Morgan fingerprint density at radius 2 is 1.71 bits per heavy atom. The second kappa shape index (κ2) is 6.66. The SMILES string of the molecule is CNC(c1ccc(C(F)(F)F)cc1)c1cc(Br)ccc1I. The fraction of sp³-hybridized carbons (Fsp3) is 0.200. The van der Waals surface area contributed by atoms with E-state index in [1.165, 1.54) is 12.1 Å². The summed E-state index contributed by atoms with van der Waals surface area (Å²) in [6.07, 6.45) is -4.31. The second-order valence-electron chi connectivity index (χ2n) is 4.51. The molecule has 0 fully saturated rings. The number of hydrogen-bond acceptors (Lipinski definition) is 1. The van der Waals surface area contributed by atoms with Crippen LogP contribution >= 0.6 is 38.5 Å². The lowest BCUT2D eigenvalue weighted by atomic mass is 9.98. The van der Waals surface area contributed by atoms with Crippen LogP contribution in [-0.4, -0.2) is 7.05 Å². The normalized spacial score (nSPS) is 13.2. The lowest BCUT2D eigenvalue weighted by Gasteiger charge is -2.20. The molecule has 1 unspecified atom stereocenters. The van der Waals surface area contributed by atoms with Gasteiger partial charge >= 0.3 is 6.18 Å². The monoisotopic (exact) mass is 469 g/mol. The maximum absolute atomic E-state index is 12.6. The molecule has 2 aromatic carbocycles. The molecule has 0 bridgehead atoms. The molecule has 0 saturated carbocycles. The van der Waals surface area contributed by atoms with E-state index >= 15 is 0 Å². The molecular weight excluding hydrogens is 458 g/mol. The minimum absolute atomic E-state index is 0.156. The molecule has 0 spiro atoms. The third-order valence-corrected chi connectivity index (χ3v) is 4.60. The van der Waals surface area contributed by atoms with Gasteiger partial charge in [0.25, 0.3) is 0 Å². The van der Waals surface area contributed by atoms with Gasteiger partial charge in [0.05, 0.1) is 11.6 Å². The molecule has 0 saturated heterocycles. The molecule has 0 aromatic heterocycles. The number of benzene rings is 2. The third-order valence-electron chi connectivity index (χ3n) is 3.13. The van der Waals surface area contributed by atoms with E-state index in [9.17, 15) is 13.2 Å². The Hall–Kier alpha value is -0.600. The molecule has 6 heteroatoms. The largest absolute Gasteiger partial charge is 0.416 e. The molecule has 0 heterocycles. The van der Waals surface area contributed by atoms with E-state index in [0.29, 0.717) is 0 Å². The fourth-order valence-corrected chi connectivity index (χ4v) is 3.13. The summed E-state index contributed by atoms with van der Waals surface area (Å²) in [5.41, 5.74) is 1.18. The van der Waals surface area contributed by atoms with Crippen molar-refractivity contribution in [2.45, 2.75) is 12.2 Å². The topological polar surface area (TPSA) is 12.0 Å². The van der Waals surface area contributed by atoms with Crippen LogP contribution in [0.5, 0.6) is 0 Å². The minimum Gasteiger partial charge on any atom is -0.309 e. The van der Waals surface area contributed by atoms with E-state index in [-0.39, 0.29) is 6.04 Å². The lowest BCUT2D eigenvalue weighted by Crippen LogP contribution is -2.19. The summed E-state index contributed by atoms with van der Waals surface area (Å²) >= 11 is 5.65. The van der Waals surface area contributed by atoms with E-state index in [1.807, 2.05) is 18.2 Å². The number of alkyl halides is 3. The quantitative estimate of drug-likeness (QED) is 0.595. The second-order valence-corrected chi connectivity index (χ2v) is 6.59. The first kappa shape index (κ1) is 16.8. The summed E-state index contributed by atoms with van der Waals surface area (Å²) in [5.74, 6) is 0. The Kier molecular flexibility index (Phi) is 5.32. The van der Waals surface area contributed by atoms with Crippen molar-refractivity contribution in [3.63, 3.8) is 0 Å². The third kappa shape index (κ3) is 3.98. The minimum atomic E-state index is -4.31. The van der Waals surface area contributed by atoms with Gasteiger partial charge in [-0.05, 0) is 71.1 Å². The van der Waals surface area contributed by atoms with Crippen molar-refractivity contribution in [2.24, 2.45) is 0 Å². The van der Waals surface area contributed by atoms with Crippen molar-refractivity contribution >= 4 is 38.5 Å². The molecular formula is C15H12BrF3IN. The van der Waals surface area contributed by atoms with Gasteiger partial charge in [0.1, 0.15) is 0 Å². The van der Waals surface area contributed by atoms with Crippen molar-refractivity contribution in [3.8, 4) is 0 Å². The molecule has 0 aliphatic heterocycles. The maximum atomic E-state index is 12.6.